The number of aliphatic hydroxyl groups is 1. The molecule has 0 bridgehead atoms. The van der Waals surface area contributed by atoms with E-state index >= 15 is 0 Å². The second-order valence-corrected chi connectivity index (χ2v) is 6.58. The molecule has 0 aliphatic heterocycles. The van der Waals surface area contributed by atoms with E-state index in [1.54, 1.807) is 35.5 Å². The fourth-order valence-electron chi connectivity index (χ4n) is 2.06. The maximum atomic E-state index is 12.5. The van der Waals surface area contributed by atoms with Crippen LogP contribution in [-0.2, 0) is 10.0 Å². The van der Waals surface area contributed by atoms with Crippen molar-refractivity contribution < 1.29 is 13.5 Å². The van der Waals surface area contributed by atoms with E-state index in [2.05, 4.69) is 0 Å². The van der Waals surface area contributed by atoms with Gasteiger partial charge in [-0.3, -0.25) is 0 Å². The summed E-state index contributed by atoms with van der Waals surface area (Å²) in [5.74, 6) is 0. The Morgan fingerprint density at radius 3 is 2.61 bits per heavy atom. The molecule has 2 rings (SSSR count). The standard InChI is InChI=1S/C13H19NO3S/c1-3-14(12-7-8-12)18(16,17)13-6-4-5-11(9-13)10(2)15/h4-6,9-10,12,15H,3,7-8H2,1-2H3. The van der Waals surface area contributed by atoms with E-state index in [-0.39, 0.29) is 10.9 Å². The fraction of sp³-hybridized carbons (Fsp3) is 0.538. The molecular weight excluding hydrogens is 250 g/mol. The number of nitrogens with zero attached hydrogens (tertiary/aromatic N) is 1. The molecule has 1 aromatic carbocycles. The first kappa shape index (κ1) is 13.5. The lowest BCUT2D eigenvalue weighted by Gasteiger charge is -2.20. The topological polar surface area (TPSA) is 57.6 Å². The highest BCUT2D eigenvalue weighted by Crippen LogP contribution is 2.32. The molecular formula is C13H19NO3S. The van der Waals surface area contributed by atoms with Gasteiger partial charge in [0, 0.05) is 12.6 Å². The Bertz CT molecular complexity index is 521. The van der Waals surface area contributed by atoms with E-state index in [1.165, 1.54) is 0 Å². The average molecular weight is 269 g/mol. The largest absolute Gasteiger partial charge is 0.389 e. The molecule has 1 N–H and O–H groups in total. The lowest BCUT2D eigenvalue weighted by atomic mass is 10.1. The molecule has 1 saturated carbocycles. The number of aliphatic hydroxyl groups excluding tert-OH is 1. The predicted octanol–water partition coefficient (Wildman–Crippen LogP) is 1.91. The average Bonchev–Trinajstić information content (AvgIpc) is 3.14. The number of hydrogen-bond donors (Lipinski definition) is 1. The van der Waals surface area contributed by atoms with Crippen LogP contribution in [0.5, 0.6) is 0 Å². The van der Waals surface area contributed by atoms with E-state index in [9.17, 15) is 13.5 Å². The Morgan fingerprint density at radius 1 is 1.44 bits per heavy atom. The van der Waals surface area contributed by atoms with E-state index in [4.69, 9.17) is 0 Å². The van der Waals surface area contributed by atoms with Gasteiger partial charge in [-0.15, -0.1) is 0 Å². The molecule has 0 spiro atoms. The van der Waals surface area contributed by atoms with Gasteiger partial charge in [-0.2, -0.15) is 4.31 Å². The summed E-state index contributed by atoms with van der Waals surface area (Å²) in [7, 11) is -3.42. The smallest absolute Gasteiger partial charge is 0.243 e. The quantitative estimate of drug-likeness (QED) is 0.888. The third kappa shape index (κ3) is 2.58. The number of hydrogen-bond acceptors (Lipinski definition) is 3. The van der Waals surface area contributed by atoms with Crippen LogP contribution < -0.4 is 0 Å². The van der Waals surface area contributed by atoms with E-state index in [1.807, 2.05) is 6.92 Å². The Kier molecular flexibility index (Phi) is 3.75. The molecule has 0 saturated heterocycles. The molecule has 0 heterocycles. The van der Waals surface area contributed by atoms with Gasteiger partial charge in [-0.25, -0.2) is 8.42 Å². The van der Waals surface area contributed by atoms with Crippen LogP contribution in [0.3, 0.4) is 0 Å². The fourth-order valence-corrected chi connectivity index (χ4v) is 3.81. The molecule has 1 atom stereocenters. The molecule has 18 heavy (non-hydrogen) atoms. The number of rotatable bonds is 5. The van der Waals surface area contributed by atoms with Crippen LogP contribution in [0.15, 0.2) is 29.2 Å². The summed E-state index contributed by atoms with van der Waals surface area (Å²) in [6.07, 6.45) is 1.24. The molecule has 1 aliphatic carbocycles. The minimum absolute atomic E-state index is 0.162. The van der Waals surface area contributed by atoms with E-state index in [0.29, 0.717) is 12.1 Å². The molecule has 0 amide bonds. The molecule has 1 aliphatic rings. The summed E-state index contributed by atoms with van der Waals surface area (Å²) in [6.45, 7) is 3.98. The number of sulfonamides is 1. The van der Waals surface area contributed by atoms with Crippen LogP contribution in [0, 0.1) is 0 Å². The lowest BCUT2D eigenvalue weighted by Crippen LogP contribution is -2.32. The predicted molar refractivity (Wildman–Crippen MR) is 69.7 cm³/mol. The van der Waals surface area contributed by atoms with Crippen molar-refractivity contribution >= 4 is 10.0 Å². The highest BCUT2D eigenvalue weighted by molar-refractivity contribution is 7.89. The molecule has 1 fully saturated rings. The van der Waals surface area contributed by atoms with Crippen molar-refractivity contribution in [2.24, 2.45) is 0 Å². The molecule has 1 unspecified atom stereocenters. The van der Waals surface area contributed by atoms with Gasteiger partial charge in [0.25, 0.3) is 0 Å². The van der Waals surface area contributed by atoms with Crippen LogP contribution >= 0.6 is 0 Å². The van der Waals surface area contributed by atoms with Crippen molar-refractivity contribution in [1.29, 1.82) is 0 Å². The summed E-state index contributed by atoms with van der Waals surface area (Å²) in [5.41, 5.74) is 0.628. The van der Waals surface area contributed by atoms with Crippen LogP contribution in [0.25, 0.3) is 0 Å². The van der Waals surface area contributed by atoms with Crippen LogP contribution in [0.2, 0.25) is 0 Å². The second kappa shape index (κ2) is 4.99. The third-order valence-electron chi connectivity index (χ3n) is 3.21. The Hall–Kier alpha value is -0.910. The van der Waals surface area contributed by atoms with Crippen molar-refractivity contribution in [2.75, 3.05) is 6.54 Å². The van der Waals surface area contributed by atoms with Gasteiger partial charge in [0.05, 0.1) is 11.0 Å². The summed E-state index contributed by atoms with van der Waals surface area (Å²) in [4.78, 5) is 0.273. The monoisotopic (exact) mass is 269 g/mol. The summed E-state index contributed by atoms with van der Waals surface area (Å²) in [5, 5.41) is 9.52. The van der Waals surface area contributed by atoms with Crippen LogP contribution in [0.4, 0.5) is 0 Å². The third-order valence-corrected chi connectivity index (χ3v) is 5.24. The minimum Gasteiger partial charge on any atom is -0.389 e. The molecule has 100 valence electrons. The van der Waals surface area contributed by atoms with Gasteiger partial charge in [0.15, 0.2) is 0 Å². The highest BCUT2D eigenvalue weighted by Gasteiger charge is 2.36. The lowest BCUT2D eigenvalue weighted by molar-refractivity contribution is 0.199. The zero-order chi connectivity index (χ0) is 13.3. The molecule has 1 aromatic rings. The van der Waals surface area contributed by atoms with Crippen molar-refractivity contribution in [3.63, 3.8) is 0 Å². The first-order valence-electron chi connectivity index (χ1n) is 6.26. The minimum atomic E-state index is -3.42. The van der Waals surface area contributed by atoms with Gasteiger partial charge in [0.1, 0.15) is 0 Å². The highest BCUT2D eigenvalue weighted by atomic mass is 32.2. The van der Waals surface area contributed by atoms with Gasteiger partial charge in [0.2, 0.25) is 10.0 Å². The summed E-state index contributed by atoms with van der Waals surface area (Å²) < 4.78 is 26.5. The molecule has 0 radical (unpaired) electrons. The van der Waals surface area contributed by atoms with Gasteiger partial charge < -0.3 is 5.11 Å². The van der Waals surface area contributed by atoms with Crippen LogP contribution in [0.1, 0.15) is 38.4 Å². The summed E-state index contributed by atoms with van der Waals surface area (Å²) >= 11 is 0. The Morgan fingerprint density at radius 2 is 2.11 bits per heavy atom. The number of benzene rings is 1. The van der Waals surface area contributed by atoms with E-state index in [0.717, 1.165) is 12.8 Å². The SMILES string of the molecule is CCN(C1CC1)S(=O)(=O)c1cccc(C(C)O)c1. The van der Waals surface area contributed by atoms with Crippen molar-refractivity contribution in [3.8, 4) is 0 Å². The first-order valence-corrected chi connectivity index (χ1v) is 7.70. The normalized spacial score (nSPS) is 18.0. The molecule has 5 heteroatoms. The first-order chi connectivity index (χ1) is 8.46. The Labute approximate surface area is 108 Å². The second-order valence-electron chi connectivity index (χ2n) is 4.69. The Balaban J connectivity index is 2.37. The van der Waals surface area contributed by atoms with E-state index < -0.39 is 16.1 Å². The maximum Gasteiger partial charge on any atom is 0.243 e. The van der Waals surface area contributed by atoms with Crippen LogP contribution in [-0.4, -0.2) is 30.4 Å². The van der Waals surface area contributed by atoms with Gasteiger partial charge >= 0.3 is 0 Å². The zero-order valence-electron chi connectivity index (χ0n) is 10.7. The maximum absolute atomic E-state index is 12.5. The summed E-state index contributed by atoms with van der Waals surface area (Å²) in [6, 6.07) is 6.72. The zero-order valence-corrected chi connectivity index (χ0v) is 11.5. The van der Waals surface area contributed by atoms with Gasteiger partial charge in [-0.05, 0) is 37.5 Å². The van der Waals surface area contributed by atoms with Crippen molar-refractivity contribution in [1.82, 2.24) is 4.31 Å². The molecule has 0 aromatic heterocycles. The van der Waals surface area contributed by atoms with Crippen molar-refractivity contribution in [2.45, 2.75) is 43.7 Å². The van der Waals surface area contributed by atoms with Gasteiger partial charge in [-0.1, -0.05) is 19.1 Å². The van der Waals surface area contributed by atoms with Crippen molar-refractivity contribution in [3.05, 3.63) is 29.8 Å². The molecule has 4 nitrogen and oxygen atoms in total.